The number of piperidine rings is 1. The van der Waals surface area contributed by atoms with Gasteiger partial charge in [0.25, 0.3) is 0 Å². The molecule has 0 aliphatic carbocycles. The molecule has 3 nitrogen and oxygen atoms in total. The molecule has 16 heavy (non-hydrogen) atoms. The largest absolute Gasteiger partial charge is 0.339 e. The molecule has 0 saturated carbocycles. The van der Waals surface area contributed by atoms with Crippen LogP contribution in [0.1, 0.15) is 51.9 Å². The highest BCUT2D eigenvalue weighted by molar-refractivity contribution is 5.82. The van der Waals surface area contributed by atoms with Crippen LogP contribution in [0.3, 0.4) is 0 Å². The zero-order chi connectivity index (χ0) is 11.4. The fraction of sp³-hybridized carbons (Fsp3) is 0.923. The van der Waals surface area contributed by atoms with Crippen LogP contribution in [0.5, 0.6) is 0 Å². The summed E-state index contributed by atoms with van der Waals surface area (Å²) in [4.78, 5) is 14.5. The van der Waals surface area contributed by atoms with Gasteiger partial charge >= 0.3 is 0 Å². The minimum Gasteiger partial charge on any atom is -0.339 e. The molecule has 1 N–H and O–H groups in total. The number of nitrogens with one attached hydrogen (secondary N) is 1. The molecular formula is C13H24N2O. The van der Waals surface area contributed by atoms with E-state index in [0.29, 0.717) is 11.9 Å². The average Bonchev–Trinajstić information content (AvgIpc) is 2.57. The molecular weight excluding hydrogens is 200 g/mol. The van der Waals surface area contributed by atoms with Gasteiger partial charge in [0.15, 0.2) is 0 Å². The summed E-state index contributed by atoms with van der Waals surface area (Å²) < 4.78 is 0. The Morgan fingerprint density at radius 2 is 1.94 bits per heavy atom. The van der Waals surface area contributed by atoms with E-state index in [4.69, 9.17) is 0 Å². The topological polar surface area (TPSA) is 32.3 Å². The Bertz CT molecular complexity index is 234. The molecule has 0 radical (unpaired) electrons. The summed E-state index contributed by atoms with van der Waals surface area (Å²) in [6.45, 7) is 4.17. The average molecular weight is 224 g/mol. The van der Waals surface area contributed by atoms with E-state index in [0.717, 1.165) is 19.5 Å². The number of nitrogens with zero attached hydrogens (tertiary/aromatic N) is 1. The van der Waals surface area contributed by atoms with Gasteiger partial charge in [-0.25, -0.2) is 0 Å². The van der Waals surface area contributed by atoms with Gasteiger partial charge in [0, 0.05) is 12.6 Å². The summed E-state index contributed by atoms with van der Waals surface area (Å²) in [5, 5.41) is 3.41. The third-order valence-electron chi connectivity index (χ3n) is 3.94. The van der Waals surface area contributed by atoms with Crippen molar-refractivity contribution in [2.75, 3.05) is 13.1 Å². The van der Waals surface area contributed by atoms with E-state index in [1.807, 2.05) is 0 Å². The lowest BCUT2D eigenvalue weighted by Crippen LogP contribution is -2.51. The zero-order valence-corrected chi connectivity index (χ0v) is 10.4. The molecule has 0 spiro atoms. The number of rotatable bonds is 1. The van der Waals surface area contributed by atoms with Crippen LogP contribution in [0.25, 0.3) is 0 Å². The second-order valence-corrected chi connectivity index (χ2v) is 5.23. The summed E-state index contributed by atoms with van der Waals surface area (Å²) in [6.07, 6.45) is 8.36. The first-order valence-corrected chi connectivity index (χ1v) is 6.83. The molecule has 1 amide bonds. The van der Waals surface area contributed by atoms with Crippen LogP contribution in [0.2, 0.25) is 0 Å². The lowest BCUT2D eigenvalue weighted by Gasteiger charge is -2.36. The predicted octanol–water partition coefficient (Wildman–Crippen LogP) is 1.92. The summed E-state index contributed by atoms with van der Waals surface area (Å²) in [7, 11) is 0. The normalized spacial score (nSPS) is 32.2. The molecule has 0 bridgehead atoms. The second-order valence-electron chi connectivity index (χ2n) is 5.23. The molecule has 0 aromatic rings. The summed E-state index contributed by atoms with van der Waals surface area (Å²) in [6, 6.07) is 0.550. The van der Waals surface area contributed by atoms with Crippen molar-refractivity contribution in [1.29, 1.82) is 0 Å². The van der Waals surface area contributed by atoms with Gasteiger partial charge in [-0.3, -0.25) is 4.79 Å². The minimum atomic E-state index is 0.100. The van der Waals surface area contributed by atoms with Gasteiger partial charge in [-0.05, 0) is 45.6 Å². The van der Waals surface area contributed by atoms with E-state index in [2.05, 4.69) is 17.1 Å². The SMILES string of the molecule is C[C@@H]1CCCCN1C(=O)[C@@H]1CCCCCN1. The molecule has 0 unspecified atom stereocenters. The van der Waals surface area contributed by atoms with Gasteiger partial charge in [0.05, 0.1) is 6.04 Å². The Kier molecular flexibility index (Phi) is 4.22. The Morgan fingerprint density at radius 3 is 2.75 bits per heavy atom. The van der Waals surface area contributed by atoms with E-state index in [9.17, 15) is 4.79 Å². The number of likely N-dealkylation sites (tertiary alicyclic amines) is 1. The highest BCUT2D eigenvalue weighted by Gasteiger charge is 2.29. The van der Waals surface area contributed by atoms with Crippen molar-refractivity contribution in [3.8, 4) is 0 Å². The Hall–Kier alpha value is -0.570. The minimum absolute atomic E-state index is 0.100. The number of hydrogen-bond acceptors (Lipinski definition) is 2. The third kappa shape index (κ3) is 2.76. The Labute approximate surface area is 98.6 Å². The predicted molar refractivity (Wildman–Crippen MR) is 65.3 cm³/mol. The van der Waals surface area contributed by atoms with Crippen molar-refractivity contribution in [3.63, 3.8) is 0 Å². The van der Waals surface area contributed by atoms with Gasteiger partial charge in [-0.15, -0.1) is 0 Å². The van der Waals surface area contributed by atoms with Crippen molar-refractivity contribution in [3.05, 3.63) is 0 Å². The lowest BCUT2D eigenvalue weighted by molar-refractivity contribution is -0.136. The van der Waals surface area contributed by atoms with Crippen molar-refractivity contribution < 1.29 is 4.79 Å². The monoisotopic (exact) mass is 224 g/mol. The summed E-state index contributed by atoms with van der Waals surface area (Å²) in [5.41, 5.74) is 0. The highest BCUT2D eigenvalue weighted by Crippen LogP contribution is 2.19. The molecule has 2 atom stereocenters. The first kappa shape index (κ1) is 11.9. The smallest absolute Gasteiger partial charge is 0.239 e. The molecule has 2 aliphatic rings. The quantitative estimate of drug-likeness (QED) is 0.738. The molecule has 0 aromatic carbocycles. The van der Waals surface area contributed by atoms with Crippen LogP contribution >= 0.6 is 0 Å². The van der Waals surface area contributed by atoms with Gasteiger partial charge in [0.2, 0.25) is 5.91 Å². The van der Waals surface area contributed by atoms with Crippen molar-refractivity contribution >= 4 is 5.91 Å². The molecule has 2 fully saturated rings. The molecule has 2 rings (SSSR count). The Morgan fingerprint density at radius 1 is 1.12 bits per heavy atom. The van der Waals surface area contributed by atoms with Crippen LogP contribution in [0.4, 0.5) is 0 Å². The molecule has 2 saturated heterocycles. The van der Waals surface area contributed by atoms with Crippen LogP contribution in [-0.4, -0.2) is 36.0 Å². The van der Waals surface area contributed by atoms with E-state index in [1.54, 1.807) is 0 Å². The van der Waals surface area contributed by atoms with Crippen molar-refractivity contribution in [2.24, 2.45) is 0 Å². The van der Waals surface area contributed by atoms with Gasteiger partial charge < -0.3 is 10.2 Å². The fourth-order valence-corrected chi connectivity index (χ4v) is 2.87. The Balaban J connectivity index is 1.93. The molecule has 2 aliphatic heterocycles. The van der Waals surface area contributed by atoms with Crippen LogP contribution < -0.4 is 5.32 Å². The first-order chi connectivity index (χ1) is 7.79. The molecule has 2 heterocycles. The van der Waals surface area contributed by atoms with Gasteiger partial charge in [-0.2, -0.15) is 0 Å². The standard InChI is InChI=1S/C13H24N2O/c1-11-7-4-6-10-15(11)13(16)12-8-3-2-5-9-14-12/h11-12,14H,2-10H2,1H3/t11-,12+/m1/s1. The molecule has 3 heteroatoms. The van der Waals surface area contributed by atoms with Gasteiger partial charge in [0.1, 0.15) is 0 Å². The summed E-state index contributed by atoms with van der Waals surface area (Å²) >= 11 is 0. The van der Waals surface area contributed by atoms with Gasteiger partial charge in [-0.1, -0.05) is 12.8 Å². The summed E-state index contributed by atoms with van der Waals surface area (Å²) in [5.74, 6) is 0.356. The maximum Gasteiger partial charge on any atom is 0.239 e. The van der Waals surface area contributed by atoms with E-state index in [-0.39, 0.29) is 6.04 Å². The van der Waals surface area contributed by atoms with Crippen molar-refractivity contribution in [2.45, 2.75) is 64.0 Å². The highest BCUT2D eigenvalue weighted by atomic mass is 16.2. The van der Waals surface area contributed by atoms with E-state index in [1.165, 1.54) is 38.5 Å². The fourth-order valence-electron chi connectivity index (χ4n) is 2.87. The number of hydrogen-bond donors (Lipinski definition) is 1. The molecule has 0 aromatic heterocycles. The van der Waals surface area contributed by atoms with Crippen LogP contribution in [0.15, 0.2) is 0 Å². The number of carbonyl (C=O) groups is 1. The molecule has 92 valence electrons. The van der Waals surface area contributed by atoms with E-state index >= 15 is 0 Å². The van der Waals surface area contributed by atoms with Crippen LogP contribution in [-0.2, 0) is 4.79 Å². The second kappa shape index (κ2) is 5.67. The van der Waals surface area contributed by atoms with Crippen molar-refractivity contribution in [1.82, 2.24) is 10.2 Å². The number of carbonyl (C=O) groups excluding carboxylic acids is 1. The maximum atomic E-state index is 12.4. The lowest BCUT2D eigenvalue weighted by atomic mass is 10.0. The third-order valence-corrected chi connectivity index (χ3v) is 3.94. The maximum absolute atomic E-state index is 12.4. The van der Waals surface area contributed by atoms with E-state index < -0.39 is 0 Å². The zero-order valence-electron chi connectivity index (χ0n) is 10.4. The number of amides is 1. The van der Waals surface area contributed by atoms with Crippen LogP contribution in [0, 0.1) is 0 Å². The first-order valence-electron chi connectivity index (χ1n) is 6.83.